The van der Waals surface area contributed by atoms with Crippen LogP contribution in [0.1, 0.15) is 0 Å². The normalized spacial score (nSPS) is 9.93. The van der Waals surface area contributed by atoms with Crippen molar-refractivity contribution < 1.29 is 9.90 Å². The Hall–Kier alpha value is -0.590. The minimum Gasteiger partial charge on any atom is -0.395 e. The molecule has 1 aromatic heterocycles. The molecule has 0 spiro atoms. The number of urea groups is 1. The quantitative estimate of drug-likeness (QED) is 0.888. The lowest BCUT2D eigenvalue weighted by molar-refractivity contribution is 0.202. The predicted octanol–water partition coefficient (Wildman–Crippen LogP) is 1.97. The molecule has 78 valence electrons. The summed E-state index contributed by atoms with van der Waals surface area (Å²) in [5.74, 6) is 0. The summed E-state index contributed by atoms with van der Waals surface area (Å²) in [6.07, 6.45) is 0. The number of amides is 2. The molecule has 0 unspecified atom stereocenters. The Balaban J connectivity index is 2.53. The van der Waals surface area contributed by atoms with Gasteiger partial charge >= 0.3 is 6.03 Å². The molecule has 0 atom stereocenters. The van der Waals surface area contributed by atoms with Gasteiger partial charge in [0.25, 0.3) is 0 Å². The van der Waals surface area contributed by atoms with Crippen LogP contribution >= 0.6 is 27.3 Å². The fraction of sp³-hybridized carbons (Fsp3) is 0.375. The number of anilines is 1. The largest absolute Gasteiger partial charge is 0.395 e. The average Bonchev–Trinajstić information content (AvgIpc) is 2.52. The van der Waals surface area contributed by atoms with Gasteiger partial charge in [0, 0.05) is 13.6 Å². The van der Waals surface area contributed by atoms with E-state index in [9.17, 15) is 4.79 Å². The second kappa shape index (κ2) is 5.33. The molecule has 4 nitrogen and oxygen atoms in total. The van der Waals surface area contributed by atoms with Crippen LogP contribution < -0.4 is 5.32 Å². The van der Waals surface area contributed by atoms with Crippen LogP contribution in [0, 0.1) is 0 Å². The van der Waals surface area contributed by atoms with Gasteiger partial charge in [0.2, 0.25) is 0 Å². The molecule has 1 rings (SSSR count). The van der Waals surface area contributed by atoms with Gasteiger partial charge < -0.3 is 15.3 Å². The Morgan fingerprint density at radius 2 is 2.50 bits per heavy atom. The highest BCUT2D eigenvalue weighted by Crippen LogP contribution is 2.28. The van der Waals surface area contributed by atoms with E-state index in [-0.39, 0.29) is 12.6 Å². The lowest BCUT2D eigenvalue weighted by Crippen LogP contribution is -2.33. The van der Waals surface area contributed by atoms with Crippen molar-refractivity contribution in [2.45, 2.75) is 0 Å². The molecule has 6 heteroatoms. The smallest absolute Gasteiger partial charge is 0.321 e. The van der Waals surface area contributed by atoms with Crippen LogP contribution in [-0.4, -0.2) is 36.2 Å². The minimum absolute atomic E-state index is 0.0330. The molecular weight excluding hydrogens is 268 g/mol. The van der Waals surface area contributed by atoms with Crippen LogP contribution in [0.5, 0.6) is 0 Å². The second-order valence-electron chi connectivity index (χ2n) is 2.68. The zero-order chi connectivity index (χ0) is 10.6. The van der Waals surface area contributed by atoms with Crippen LogP contribution in [0.2, 0.25) is 0 Å². The number of nitrogens with one attached hydrogen (secondary N) is 1. The van der Waals surface area contributed by atoms with Crippen LogP contribution in [0.15, 0.2) is 15.2 Å². The average molecular weight is 279 g/mol. The predicted molar refractivity (Wildman–Crippen MR) is 60.8 cm³/mol. The maximum absolute atomic E-state index is 11.4. The number of carbonyl (C=O) groups is 1. The monoisotopic (exact) mass is 278 g/mol. The van der Waals surface area contributed by atoms with Gasteiger partial charge in [-0.3, -0.25) is 0 Å². The first-order chi connectivity index (χ1) is 6.65. The molecule has 0 aliphatic carbocycles. The Morgan fingerprint density at radius 3 is 3.00 bits per heavy atom. The third kappa shape index (κ3) is 2.97. The second-order valence-corrected chi connectivity index (χ2v) is 4.92. The fourth-order valence-electron chi connectivity index (χ4n) is 0.844. The Labute approximate surface area is 94.7 Å². The van der Waals surface area contributed by atoms with E-state index in [1.807, 2.05) is 11.4 Å². The molecule has 2 N–H and O–H groups in total. The van der Waals surface area contributed by atoms with Gasteiger partial charge in [0.1, 0.15) is 0 Å². The van der Waals surface area contributed by atoms with Crippen molar-refractivity contribution in [2.24, 2.45) is 0 Å². The summed E-state index contributed by atoms with van der Waals surface area (Å²) in [5, 5.41) is 13.2. The molecule has 2 amide bonds. The van der Waals surface area contributed by atoms with E-state index in [0.717, 1.165) is 9.47 Å². The fourth-order valence-corrected chi connectivity index (χ4v) is 1.97. The molecular formula is C8H11BrN2O2S. The number of hydrogen-bond donors (Lipinski definition) is 2. The number of aliphatic hydroxyl groups is 1. The standard InChI is InChI=1S/C8H11BrN2O2S/c1-11(3-4-12)8(13)10-6-2-5-14-7(6)9/h2,5,12H,3-4H2,1H3,(H,10,13). The van der Waals surface area contributed by atoms with Crippen molar-refractivity contribution in [1.29, 1.82) is 0 Å². The topological polar surface area (TPSA) is 52.6 Å². The van der Waals surface area contributed by atoms with Gasteiger partial charge in [0.05, 0.1) is 16.1 Å². The van der Waals surface area contributed by atoms with Crippen molar-refractivity contribution in [3.05, 3.63) is 15.2 Å². The number of thiophene rings is 1. The maximum atomic E-state index is 11.4. The van der Waals surface area contributed by atoms with Crippen LogP contribution in [0.4, 0.5) is 10.5 Å². The Kier molecular flexibility index (Phi) is 4.37. The highest BCUT2D eigenvalue weighted by molar-refractivity contribution is 9.11. The summed E-state index contributed by atoms with van der Waals surface area (Å²) < 4.78 is 0.892. The van der Waals surface area contributed by atoms with Crippen molar-refractivity contribution in [1.82, 2.24) is 4.90 Å². The highest BCUT2D eigenvalue weighted by atomic mass is 79.9. The van der Waals surface area contributed by atoms with E-state index in [1.165, 1.54) is 16.2 Å². The van der Waals surface area contributed by atoms with Crippen molar-refractivity contribution in [3.63, 3.8) is 0 Å². The number of carbonyl (C=O) groups excluding carboxylic acids is 1. The first-order valence-electron chi connectivity index (χ1n) is 4.01. The van der Waals surface area contributed by atoms with Crippen LogP contribution in [0.25, 0.3) is 0 Å². The van der Waals surface area contributed by atoms with E-state index in [4.69, 9.17) is 5.11 Å². The molecule has 1 heterocycles. The zero-order valence-corrected chi connectivity index (χ0v) is 10.1. The molecule has 0 aromatic carbocycles. The summed E-state index contributed by atoms with van der Waals surface area (Å²) in [5.41, 5.74) is 0.754. The summed E-state index contributed by atoms with van der Waals surface area (Å²) in [6.45, 7) is 0.294. The molecule has 0 fully saturated rings. The molecule has 0 radical (unpaired) electrons. The van der Waals surface area contributed by atoms with E-state index in [1.54, 1.807) is 7.05 Å². The third-order valence-electron chi connectivity index (χ3n) is 1.64. The molecule has 0 saturated carbocycles. The lowest BCUT2D eigenvalue weighted by Gasteiger charge is -2.15. The van der Waals surface area contributed by atoms with Gasteiger partial charge in [-0.2, -0.15) is 0 Å². The number of likely N-dealkylation sites (N-methyl/N-ethyl adjacent to an activating group) is 1. The number of aliphatic hydroxyl groups excluding tert-OH is 1. The number of hydrogen-bond acceptors (Lipinski definition) is 3. The Morgan fingerprint density at radius 1 is 1.79 bits per heavy atom. The molecule has 0 aliphatic rings. The molecule has 14 heavy (non-hydrogen) atoms. The van der Waals surface area contributed by atoms with Crippen LogP contribution in [0.3, 0.4) is 0 Å². The summed E-state index contributed by atoms with van der Waals surface area (Å²) in [6, 6.07) is 1.59. The maximum Gasteiger partial charge on any atom is 0.321 e. The molecule has 0 bridgehead atoms. The highest BCUT2D eigenvalue weighted by Gasteiger charge is 2.09. The van der Waals surface area contributed by atoms with Gasteiger partial charge in [-0.25, -0.2) is 4.79 Å². The van der Waals surface area contributed by atoms with Gasteiger partial charge in [-0.05, 0) is 27.4 Å². The summed E-state index contributed by atoms with van der Waals surface area (Å²) in [7, 11) is 1.63. The van der Waals surface area contributed by atoms with E-state index in [0.29, 0.717) is 6.54 Å². The molecule has 0 saturated heterocycles. The lowest BCUT2D eigenvalue weighted by atomic mass is 10.5. The minimum atomic E-state index is -0.224. The molecule has 0 aliphatic heterocycles. The number of rotatable bonds is 3. The van der Waals surface area contributed by atoms with Crippen molar-refractivity contribution in [2.75, 3.05) is 25.5 Å². The van der Waals surface area contributed by atoms with E-state index in [2.05, 4.69) is 21.2 Å². The van der Waals surface area contributed by atoms with Gasteiger partial charge in [-0.15, -0.1) is 11.3 Å². The van der Waals surface area contributed by atoms with E-state index >= 15 is 0 Å². The summed E-state index contributed by atoms with van der Waals surface area (Å²) in [4.78, 5) is 12.9. The van der Waals surface area contributed by atoms with Gasteiger partial charge in [-0.1, -0.05) is 0 Å². The number of halogens is 1. The Bertz CT molecular complexity index is 316. The van der Waals surface area contributed by atoms with Gasteiger partial charge in [0.15, 0.2) is 0 Å². The SMILES string of the molecule is CN(CCO)C(=O)Nc1ccsc1Br. The molecule has 1 aromatic rings. The zero-order valence-electron chi connectivity index (χ0n) is 7.66. The van der Waals surface area contributed by atoms with E-state index < -0.39 is 0 Å². The van der Waals surface area contributed by atoms with Crippen LogP contribution in [-0.2, 0) is 0 Å². The first-order valence-corrected chi connectivity index (χ1v) is 5.68. The number of nitrogens with zero attached hydrogens (tertiary/aromatic N) is 1. The van der Waals surface area contributed by atoms with Crippen molar-refractivity contribution >= 4 is 39.0 Å². The third-order valence-corrected chi connectivity index (χ3v) is 3.33. The first kappa shape index (κ1) is 11.5. The van der Waals surface area contributed by atoms with Crippen molar-refractivity contribution in [3.8, 4) is 0 Å². The summed E-state index contributed by atoms with van der Waals surface area (Å²) >= 11 is 4.82.